The maximum atomic E-state index is 13.1. The van der Waals surface area contributed by atoms with Gasteiger partial charge in [0.25, 0.3) is 5.56 Å². The van der Waals surface area contributed by atoms with Gasteiger partial charge in [-0.25, -0.2) is 0 Å². The maximum Gasteiger partial charge on any atom is 0.263 e. The van der Waals surface area contributed by atoms with Gasteiger partial charge in [-0.3, -0.25) is 13.8 Å². The first-order valence-corrected chi connectivity index (χ1v) is 9.42. The molecule has 2 aromatic heterocycles. The van der Waals surface area contributed by atoms with Crippen LogP contribution in [0.3, 0.4) is 0 Å². The lowest BCUT2D eigenvalue weighted by Crippen LogP contribution is -2.24. The van der Waals surface area contributed by atoms with Gasteiger partial charge in [-0.05, 0) is 24.1 Å². The molecule has 2 aromatic carbocycles. The SMILES string of the molecule is O=c1c2ccccc2n2c(SCCCO)nnc2n1Cc1ccccc1. The van der Waals surface area contributed by atoms with Gasteiger partial charge < -0.3 is 5.11 Å². The molecule has 4 rings (SSSR count). The summed E-state index contributed by atoms with van der Waals surface area (Å²) in [5.74, 6) is 1.27. The Morgan fingerprint density at radius 1 is 1.00 bits per heavy atom. The molecule has 0 unspecified atom stereocenters. The summed E-state index contributed by atoms with van der Waals surface area (Å²) in [5, 5.41) is 19.0. The summed E-state index contributed by atoms with van der Waals surface area (Å²) in [4.78, 5) is 13.1. The third-order valence-electron chi connectivity index (χ3n) is 4.20. The van der Waals surface area contributed by atoms with Crippen LogP contribution in [0, 0.1) is 0 Å². The van der Waals surface area contributed by atoms with Gasteiger partial charge >= 0.3 is 0 Å². The Balaban J connectivity index is 1.92. The molecule has 0 radical (unpaired) electrons. The van der Waals surface area contributed by atoms with E-state index in [1.165, 1.54) is 11.8 Å². The van der Waals surface area contributed by atoms with Crippen LogP contribution in [-0.4, -0.2) is 36.6 Å². The normalized spacial score (nSPS) is 11.4. The molecule has 0 saturated carbocycles. The average molecular weight is 366 g/mol. The van der Waals surface area contributed by atoms with Crippen LogP contribution in [0.25, 0.3) is 16.7 Å². The highest BCUT2D eigenvalue weighted by Gasteiger charge is 2.16. The number of rotatable bonds is 6. The largest absolute Gasteiger partial charge is 0.396 e. The van der Waals surface area contributed by atoms with E-state index in [1.807, 2.05) is 59.0 Å². The number of aliphatic hydroxyl groups is 1. The molecule has 26 heavy (non-hydrogen) atoms. The molecule has 1 N–H and O–H groups in total. The Morgan fingerprint density at radius 3 is 2.58 bits per heavy atom. The quantitative estimate of drug-likeness (QED) is 0.419. The smallest absolute Gasteiger partial charge is 0.263 e. The van der Waals surface area contributed by atoms with Crippen molar-refractivity contribution in [3.8, 4) is 0 Å². The molecule has 132 valence electrons. The summed E-state index contributed by atoms with van der Waals surface area (Å²) >= 11 is 1.53. The number of thioether (sulfide) groups is 1. The van der Waals surface area contributed by atoms with Crippen LogP contribution >= 0.6 is 11.8 Å². The minimum Gasteiger partial charge on any atom is -0.396 e. The minimum absolute atomic E-state index is 0.0729. The van der Waals surface area contributed by atoms with E-state index in [2.05, 4.69) is 10.2 Å². The lowest BCUT2D eigenvalue weighted by molar-refractivity contribution is 0.296. The highest BCUT2D eigenvalue weighted by Crippen LogP contribution is 2.22. The van der Waals surface area contributed by atoms with Gasteiger partial charge in [0.15, 0.2) is 5.16 Å². The number of aliphatic hydroxyl groups excluding tert-OH is 1. The van der Waals surface area contributed by atoms with E-state index in [1.54, 1.807) is 4.57 Å². The molecule has 0 fully saturated rings. The van der Waals surface area contributed by atoms with Crippen molar-refractivity contribution in [2.45, 2.75) is 18.1 Å². The van der Waals surface area contributed by atoms with Crippen molar-refractivity contribution >= 4 is 28.4 Å². The summed E-state index contributed by atoms with van der Waals surface area (Å²) in [6, 6.07) is 17.4. The highest BCUT2D eigenvalue weighted by molar-refractivity contribution is 7.99. The second-order valence-corrected chi connectivity index (χ2v) is 7.00. The molecule has 0 aliphatic heterocycles. The van der Waals surface area contributed by atoms with Crippen LogP contribution in [0.15, 0.2) is 64.5 Å². The van der Waals surface area contributed by atoms with Crippen LogP contribution in [0.2, 0.25) is 0 Å². The van der Waals surface area contributed by atoms with Crippen molar-refractivity contribution < 1.29 is 5.11 Å². The van der Waals surface area contributed by atoms with Crippen LogP contribution < -0.4 is 5.56 Å². The Kier molecular flexibility index (Phi) is 4.73. The van der Waals surface area contributed by atoms with Gasteiger partial charge in [-0.1, -0.05) is 54.2 Å². The van der Waals surface area contributed by atoms with E-state index in [0.717, 1.165) is 22.0 Å². The minimum atomic E-state index is -0.0729. The molecule has 6 nitrogen and oxygen atoms in total. The number of hydrogen-bond acceptors (Lipinski definition) is 5. The van der Waals surface area contributed by atoms with E-state index in [4.69, 9.17) is 5.11 Å². The van der Waals surface area contributed by atoms with Gasteiger partial charge in [0.05, 0.1) is 17.4 Å². The second kappa shape index (κ2) is 7.31. The topological polar surface area (TPSA) is 72.4 Å². The predicted octanol–water partition coefficient (Wildman–Crippen LogP) is 2.57. The van der Waals surface area contributed by atoms with Crippen LogP contribution in [-0.2, 0) is 6.54 Å². The fourth-order valence-corrected chi connectivity index (χ4v) is 3.83. The van der Waals surface area contributed by atoms with Crippen molar-refractivity contribution in [1.29, 1.82) is 0 Å². The van der Waals surface area contributed by atoms with Crippen molar-refractivity contribution in [2.24, 2.45) is 0 Å². The molecule has 0 aliphatic rings. The Bertz CT molecular complexity index is 1110. The standard InChI is InChI=1S/C19H18N4O2S/c24-11-6-12-26-19-21-20-18-22(13-14-7-2-1-3-8-14)17(25)15-9-4-5-10-16(15)23(18)19/h1-5,7-10,24H,6,11-13H2. The van der Waals surface area contributed by atoms with Crippen LogP contribution in [0.1, 0.15) is 12.0 Å². The number of fused-ring (bicyclic) bond motifs is 3. The van der Waals surface area contributed by atoms with E-state index in [-0.39, 0.29) is 12.2 Å². The first-order chi connectivity index (χ1) is 12.8. The predicted molar refractivity (Wildman–Crippen MR) is 103 cm³/mol. The van der Waals surface area contributed by atoms with Gasteiger partial charge in [0.1, 0.15) is 0 Å². The third-order valence-corrected chi connectivity index (χ3v) is 5.21. The lowest BCUT2D eigenvalue weighted by atomic mass is 10.2. The first-order valence-electron chi connectivity index (χ1n) is 8.44. The summed E-state index contributed by atoms with van der Waals surface area (Å²) in [5.41, 5.74) is 1.76. The molecule has 0 bridgehead atoms. The average Bonchev–Trinajstić information content (AvgIpc) is 3.10. The van der Waals surface area contributed by atoms with E-state index in [0.29, 0.717) is 24.1 Å². The maximum absolute atomic E-state index is 13.1. The van der Waals surface area contributed by atoms with E-state index in [9.17, 15) is 4.79 Å². The van der Waals surface area contributed by atoms with Gasteiger partial charge in [0, 0.05) is 12.4 Å². The summed E-state index contributed by atoms with van der Waals surface area (Å²) in [6.07, 6.45) is 0.682. The number of benzene rings is 2. The van der Waals surface area contributed by atoms with Crippen molar-refractivity contribution in [2.75, 3.05) is 12.4 Å². The third kappa shape index (κ3) is 3.00. The number of aromatic nitrogens is 4. The zero-order valence-corrected chi connectivity index (χ0v) is 14.9. The van der Waals surface area contributed by atoms with Crippen LogP contribution in [0.4, 0.5) is 0 Å². The van der Waals surface area contributed by atoms with Gasteiger partial charge in [-0.15, -0.1) is 10.2 Å². The first kappa shape index (κ1) is 16.8. The zero-order chi connectivity index (χ0) is 17.9. The molecule has 2 heterocycles. The zero-order valence-electron chi connectivity index (χ0n) is 14.1. The molecule has 0 atom stereocenters. The molecule has 4 aromatic rings. The highest BCUT2D eigenvalue weighted by atomic mass is 32.2. The monoisotopic (exact) mass is 366 g/mol. The van der Waals surface area contributed by atoms with Crippen molar-refractivity contribution in [3.63, 3.8) is 0 Å². The Hall–Kier alpha value is -2.64. The molecular formula is C19H18N4O2S. The Morgan fingerprint density at radius 2 is 1.77 bits per heavy atom. The molecule has 0 spiro atoms. The van der Waals surface area contributed by atoms with E-state index >= 15 is 0 Å². The van der Waals surface area contributed by atoms with Gasteiger partial charge in [0.2, 0.25) is 5.78 Å². The fourth-order valence-electron chi connectivity index (χ4n) is 2.96. The molecule has 7 heteroatoms. The van der Waals surface area contributed by atoms with Gasteiger partial charge in [-0.2, -0.15) is 0 Å². The molecule has 0 aliphatic carbocycles. The number of hydrogen-bond donors (Lipinski definition) is 1. The second-order valence-electron chi connectivity index (χ2n) is 5.94. The molecular weight excluding hydrogens is 348 g/mol. The summed E-state index contributed by atoms with van der Waals surface area (Å²) in [7, 11) is 0. The molecule has 0 saturated heterocycles. The van der Waals surface area contributed by atoms with Crippen molar-refractivity contribution in [1.82, 2.24) is 19.2 Å². The number of nitrogens with zero attached hydrogens (tertiary/aromatic N) is 4. The van der Waals surface area contributed by atoms with E-state index < -0.39 is 0 Å². The summed E-state index contributed by atoms with van der Waals surface area (Å²) in [6.45, 7) is 0.580. The lowest BCUT2D eigenvalue weighted by Gasteiger charge is -2.11. The van der Waals surface area contributed by atoms with Crippen LogP contribution in [0.5, 0.6) is 0 Å². The molecule has 0 amide bonds. The Labute approximate surface area is 154 Å². The van der Waals surface area contributed by atoms with Crippen molar-refractivity contribution in [3.05, 3.63) is 70.5 Å². The summed E-state index contributed by atoms with van der Waals surface area (Å²) < 4.78 is 3.60. The fraction of sp³-hybridized carbons (Fsp3) is 0.211. The number of para-hydroxylation sites is 1.